The minimum absolute atomic E-state index is 0.00189. The summed E-state index contributed by atoms with van der Waals surface area (Å²) < 4.78 is 32.0. The van der Waals surface area contributed by atoms with Gasteiger partial charge >= 0.3 is 35.8 Å². The predicted molar refractivity (Wildman–Crippen MR) is 230 cm³/mol. The smallest absolute Gasteiger partial charge is 0.333 e. The molecule has 0 fully saturated rings. The Kier molecular flexibility index (Phi) is 25.7. The molecule has 1 aromatic rings. The number of benzene rings is 1. The first-order chi connectivity index (χ1) is 29.3. The van der Waals surface area contributed by atoms with Crippen LogP contribution in [0.2, 0.25) is 0 Å². The summed E-state index contributed by atoms with van der Waals surface area (Å²) in [6.45, 7) is 19.3. The van der Waals surface area contributed by atoms with Crippen LogP contribution in [0, 0.1) is 24.8 Å². The van der Waals surface area contributed by atoms with E-state index in [2.05, 4.69) is 18.0 Å². The molecule has 0 N–H and O–H groups in total. The van der Waals surface area contributed by atoms with E-state index in [0.29, 0.717) is 63.9 Å². The van der Waals surface area contributed by atoms with Gasteiger partial charge in [-0.2, -0.15) is 0 Å². The van der Waals surface area contributed by atoms with E-state index in [-0.39, 0.29) is 73.8 Å². The maximum atomic E-state index is 13.0. The van der Waals surface area contributed by atoms with E-state index in [1.54, 1.807) is 26.8 Å². The Labute approximate surface area is 367 Å². The lowest BCUT2D eigenvalue weighted by atomic mass is 10.1. The van der Waals surface area contributed by atoms with Gasteiger partial charge < -0.3 is 28.4 Å². The number of aryl methyl sites for hydroxylation is 1. The topological polar surface area (TPSA) is 186 Å². The normalized spacial score (nSPS) is 12.2. The van der Waals surface area contributed by atoms with Crippen LogP contribution in [0.5, 0.6) is 11.5 Å². The lowest BCUT2D eigenvalue weighted by Crippen LogP contribution is -2.14. The Morgan fingerprint density at radius 2 is 0.984 bits per heavy atom. The summed E-state index contributed by atoms with van der Waals surface area (Å²) in [5.41, 5.74) is 1.05. The van der Waals surface area contributed by atoms with Crippen LogP contribution in [-0.4, -0.2) is 62.2 Å². The van der Waals surface area contributed by atoms with E-state index in [4.69, 9.17) is 35.0 Å². The first-order valence-electron chi connectivity index (χ1n) is 20.7. The molecule has 332 valence electrons. The van der Waals surface area contributed by atoms with Gasteiger partial charge in [0.25, 0.3) is 5.70 Å². The van der Waals surface area contributed by atoms with Crippen molar-refractivity contribution in [3.05, 3.63) is 57.3 Å². The van der Waals surface area contributed by atoms with Gasteiger partial charge in [-0.15, -0.1) is 0 Å². The molecule has 1 aliphatic heterocycles. The van der Waals surface area contributed by atoms with E-state index in [1.165, 1.54) is 0 Å². The number of fused-ring (bicyclic) bond motifs is 1. The van der Waals surface area contributed by atoms with Crippen LogP contribution in [0.1, 0.15) is 135 Å². The molecule has 0 spiro atoms. The summed E-state index contributed by atoms with van der Waals surface area (Å²) in [4.78, 5) is 76.6. The largest absolute Gasteiger partial charge is 0.462 e. The average Bonchev–Trinajstić information content (AvgIpc) is 3.67. The van der Waals surface area contributed by atoms with Crippen LogP contribution in [0.3, 0.4) is 0 Å². The highest BCUT2D eigenvalue weighted by atomic mass is 32.2. The first kappa shape index (κ1) is 52.1. The Hall–Kier alpha value is -5.06. The summed E-state index contributed by atoms with van der Waals surface area (Å²) in [6.07, 6.45) is 12.7. The third-order valence-corrected chi connectivity index (χ3v) is 11.6. The van der Waals surface area contributed by atoms with Crippen molar-refractivity contribution in [1.29, 1.82) is 5.26 Å². The van der Waals surface area contributed by atoms with Crippen LogP contribution in [0.4, 0.5) is 0 Å². The zero-order valence-electron chi connectivity index (χ0n) is 35.7. The molecule has 0 radical (unpaired) electrons. The number of carbonyl (C=O) groups is 6. The number of nitrogens with zero attached hydrogens (tertiary/aromatic N) is 2. The van der Waals surface area contributed by atoms with Crippen LogP contribution >= 0.6 is 23.5 Å². The summed E-state index contributed by atoms with van der Waals surface area (Å²) in [5, 5.41) is 9.54. The molecule has 1 aromatic carbocycles. The minimum Gasteiger partial charge on any atom is -0.462 e. The van der Waals surface area contributed by atoms with Gasteiger partial charge in [0, 0.05) is 36.8 Å². The number of unbranched alkanes of at least 4 members (excludes halogenated alkanes) is 12. The van der Waals surface area contributed by atoms with Crippen molar-refractivity contribution in [2.45, 2.75) is 146 Å². The molecule has 0 bridgehead atoms. The summed E-state index contributed by atoms with van der Waals surface area (Å²) >= 11 is 2.30. The van der Waals surface area contributed by atoms with Crippen molar-refractivity contribution < 1.29 is 57.2 Å². The molecule has 0 amide bonds. The van der Waals surface area contributed by atoms with Crippen LogP contribution in [0.15, 0.2) is 50.1 Å². The van der Waals surface area contributed by atoms with Crippen molar-refractivity contribution in [2.24, 2.45) is 0 Å². The number of thioether (sulfide) groups is 2. The quantitative estimate of drug-likeness (QED) is 0.0135. The molecular weight excluding hydrogens is 825 g/mol. The van der Waals surface area contributed by atoms with Gasteiger partial charge in [-0.1, -0.05) is 101 Å². The lowest BCUT2D eigenvalue weighted by molar-refractivity contribution is -0.150. The molecule has 2 rings (SSSR count). The van der Waals surface area contributed by atoms with Crippen LogP contribution < -0.4 is 9.47 Å². The van der Waals surface area contributed by atoms with E-state index in [9.17, 15) is 34.0 Å². The zero-order valence-corrected chi connectivity index (χ0v) is 37.3. The molecule has 0 unspecified atom stereocenters. The standard InChI is InChI=1S/C45H58N2O12S2/c1-31(2)43(52)56-27-25-54-36(48)21-17-13-9-7-11-15-19-23-38(50)58-35-29-33(5)40(42-41(35)60-45(61-42)34(30-46)47-6)59-39(51)24-20-16-12-8-10-14-18-22-37(49)55-26-28-57-44(53)32(3)4/h29H,1,3,7-28H2,2,4-5H3/b45-34+. The van der Waals surface area contributed by atoms with Gasteiger partial charge in [-0.3, -0.25) is 19.2 Å². The Morgan fingerprint density at radius 3 is 1.39 bits per heavy atom. The number of hydrogen-bond acceptors (Lipinski definition) is 15. The second-order valence-corrected chi connectivity index (χ2v) is 16.7. The van der Waals surface area contributed by atoms with Crippen molar-refractivity contribution in [3.8, 4) is 17.6 Å². The summed E-state index contributed by atoms with van der Waals surface area (Å²) in [6, 6.07) is 3.56. The number of ether oxygens (including phenoxy) is 6. The molecule has 1 heterocycles. The minimum atomic E-state index is -0.516. The van der Waals surface area contributed by atoms with Crippen molar-refractivity contribution in [3.63, 3.8) is 0 Å². The predicted octanol–water partition coefficient (Wildman–Crippen LogP) is 9.96. The number of hydrogen-bond donors (Lipinski definition) is 0. The third kappa shape index (κ3) is 21.3. The fourth-order valence-corrected chi connectivity index (χ4v) is 8.23. The average molecular weight is 883 g/mol. The fraction of sp³-hybridized carbons (Fsp3) is 0.556. The molecule has 61 heavy (non-hydrogen) atoms. The SMILES string of the molecule is [C-]#[N+]/C(C#N)=C1\Sc2c(OC(=O)CCCCCCCCCC(=O)OCCOC(=O)C(=C)C)cc(C)c(OC(=O)CCCCCCCCCC(=O)OCCOC(=O)C(=C)C)c2S1. The number of nitriles is 1. The van der Waals surface area contributed by atoms with Gasteiger partial charge in [0.1, 0.15) is 37.9 Å². The van der Waals surface area contributed by atoms with E-state index >= 15 is 0 Å². The molecule has 1 aliphatic rings. The molecule has 0 aliphatic carbocycles. The van der Waals surface area contributed by atoms with Gasteiger partial charge in [0.2, 0.25) is 0 Å². The second-order valence-electron chi connectivity index (χ2n) is 14.4. The highest BCUT2D eigenvalue weighted by Crippen LogP contribution is 2.60. The molecule has 0 atom stereocenters. The first-order valence-corrected chi connectivity index (χ1v) is 22.3. The summed E-state index contributed by atoms with van der Waals surface area (Å²) in [5.74, 6) is -1.90. The van der Waals surface area contributed by atoms with Gasteiger partial charge in [-0.05, 0) is 58.1 Å². The molecule has 14 nitrogen and oxygen atoms in total. The highest BCUT2D eigenvalue weighted by Gasteiger charge is 2.31. The third-order valence-electron chi connectivity index (χ3n) is 8.96. The molecule has 0 saturated heterocycles. The Morgan fingerprint density at radius 1 is 0.607 bits per heavy atom. The molecular formula is C45H58N2O12S2. The molecule has 0 aromatic heterocycles. The van der Waals surface area contributed by atoms with Crippen molar-refractivity contribution >= 4 is 59.3 Å². The fourth-order valence-electron chi connectivity index (χ4n) is 5.69. The number of allylic oxidation sites excluding steroid dienone is 1. The number of esters is 6. The molecule has 0 saturated carbocycles. The zero-order chi connectivity index (χ0) is 45.0. The van der Waals surface area contributed by atoms with Crippen molar-refractivity contribution in [1.82, 2.24) is 0 Å². The lowest BCUT2D eigenvalue weighted by Gasteiger charge is -2.15. The highest BCUT2D eigenvalue weighted by molar-refractivity contribution is 8.24. The van der Waals surface area contributed by atoms with Crippen LogP contribution in [0.25, 0.3) is 4.85 Å². The maximum absolute atomic E-state index is 13.0. The van der Waals surface area contributed by atoms with Gasteiger partial charge in [0.15, 0.2) is 0 Å². The van der Waals surface area contributed by atoms with Crippen LogP contribution in [-0.2, 0) is 47.7 Å². The van der Waals surface area contributed by atoms with Gasteiger partial charge in [0.05, 0.1) is 26.7 Å². The Bertz CT molecular complexity index is 1830. The maximum Gasteiger partial charge on any atom is 0.333 e. The van der Waals surface area contributed by atoms with E-state index < -0.39 is 23.9 Å². The second kappa shape index (κ2) is 30.0. The van der Waals surface area contributed by atoms with Crippen molar-refractivity contribution in [2.75, 3.05) is 26.4 Å². The Balaban J connectivity index is 1.72. The number of rotatable bonds is 30. The van der Waals surface area contributed by atoms with E-state index in [0.717, 1.165) is 87.7 Å². The number of carbonyl (C=O) groups excluding carboxylic acids is 6. The van der Waals surface area contributed by atoms with E-state index in [1.807, 2.05) is 6.07 Å². The monoisotopic (exact) mass is 882 g/mol. The molecule has 16 heteroatoms. The van der Waals surface area contributed by atoms with Gasteiger partial charge in [-0.25, -0.2) is 19.7 Å². The summed E-state index contributed by atoms with van der Waals surface area (Å²) in [7, 11) is 0.